The molecule has 10 heteroatoms. The molecule has 0 amide bonds. The van der Waals surface area contributed by atoms with E-state index in [-0.39, 0.29) is 0 Å². The van der Waals surface area contributed by atoms with Crippen LogP contribution >= 0.6 is 0 Å². The lowest BCUT2D eigenvalue weighted by Crippen LogP contribution is -2.62. The molecule has 0 aromatic heterocycles. The van der Waals surface area contributed by atoms with Crippen LogP contribution in [0.4, 0.5) is 26.3 Å². The molecule has 0 aromatic rings. The Morgan fingerprint density at radius 1 is 0.714 bits per heavy atom. The molecule has 0 unspecified atom stereocenters. The number of carbonyl (C=O) groups excluding carboxylic acids is 2. The molecule has 124 valence electrons. The molecule has 0 aliphatic heterocycles. The Bertz CT molecular complexity index is 370. The summed E-state index contributed by atoms with van der Waals surface area (Å²) in [6.45, 7) is 4.21. The van der Waals surface area contributed by atoms with E-state index in [1.807, 2.05) is 0 Å². The first-order valence-corrected chi connectivity index (χ1v) is 5.73. The average Bonchev–Trinajstić information content (AvgIpc) is 2.26. The van der Waals surface area contributed by atoms with E-state index in [0.717, 1.165) is 27.7 Å². The quantitative estimate of drug-likeness (QED) is 0.557. The van der Waals surface area contributed by atoms with Gasteiger partial charge >= 0.3 is 29.7 Å². The summed E-state index contributed by atoms with van der Waals surface area (Å²) in [5.41, 5.74) is 0. The molecule has 0 fully saturated rings. The van der Waals surface area contributed by atoms with Gasteiger partial charge in [-0.2, -0.15) is 26.3 Å². The average molecular weight is 324 g/mol. The van der Waals surface area contributed by atoms with Gasteiger partial charge in [0.2, 0.25) is 0 Å². The second kappa shape index (κ2) is 6.10. The zero-order chi connectivity index (χ0) is 17.2. The lowest BCUT2D eigenvalue weighted by Gasteiger charge is -2.30. The summed E-state index contributed by atoms with van der Waals surface area (Å²) in [5.74, 6) is -23.8. The Morgan fingerprint density at radius 3 is 1.14 bits per heavy atom. The molecule has 0 spiro atoms. The van der Waals surface area contributed by atoms with Gasteiger partial charge in [-0.3, -0.25) is 0 Å². The molecule has 21 heavy (non-hydrogen) atoms. The highest BCUT2D eigenvalue weighted by Crippen LogP contribution is 2.47. The lowest BCUT2D eigenvalue weighted by molar-refractivity contribution is -0.302. The van der Waals surface area contributed by atoms with E-state index >= 15 is 0 Å². The summed E-state index contributed by atoms with van der Waals surface area (Å²) in [5, 5.41) is 0. The molecular weight excluding hydrogens is 310 g/mol. The van der Waals surface area contributed by atoms with Crippen LogP contribution in [0.2, 0.25) is 0 Å². The zero-order valence-corrected chi connectivity index (χ0v) is 11.6. The number of rotatable bonds is 6. The number of esters is 2. The molecule has 0 atom stereocenters. The molecule has 0 radical (unpaired) electrons. The maximum atomic E-state index is 13.3. The summed E-state index contributed by atoms with van der Waals surface area (Å²) in [6, 6.07) is 0. The van der Waals surface area contributed by atoms with Gasteiger partial charge in [0.05, 0.1) is 12.2 Å². The molecule has 0 aliphatic carbocycles. The fourth-order valence-corrected chi connectivity index (χ4v) is 1.03. The Kier molecular flexibility index (Phi) is 5.67. The number of hydrogen-bond donors (Lipinski definition) is 0. The molecule has 0 heterocycles. The third-order valence-corrected chi connectivity index (χ3v) is 1.99. The smallest absolute Gasteiger partial charge is 0.411 e. The van der Waals surface area contributed by atoms with E-state index in [1.54, 1.807) is 0 Å². The minimum atomic E-state index is -6.31. The fraction of sp³-hybridized carbons (Fsp3) is 0.818. The number of hydrogen-bond acceptors (Lipinski definition) is 4. The van der Waals surface area contributed by atoms with Crippen LogP contribution in [0.5, 0.6) is 0 Å². The first-order valence-electron chi connectivity index (χ1n) is 5.73. The summed E-state index contributed by atoms with van der Waals surface area (Å²) in [4.78, 5) is 21.8. The number of ether oxygens (including phenoxy) is 2. The van der Waals surface area contributed by atoms with Gasteiger partial charge in [-0.15, -0.1) is 0 Å². The van der Waals surface area contributed by atoms with Gasteiger partial charge in [-0.1, -0.05) is 0 Å². The van der Waals surface area contributed by atoms with Crippen LogP contribution in [0.3, 0.4) is 0 Å². The van der Waals surface area contributed by atoms with E-state index in [9.17, 15) is 35.9 Å². The predicted octanol–water partition coefficient (Wildman–Crippen LogP) is 2.80. The van der Waals surface area contributed by atoms with Crippen molar-refractivity contribution < 1.29 is 45.4 Å². The highest BCUT2D eigenvalue weighted by atomic mass is 19.3. The van der Waals surface area contributed by atoms with Gasteiger partial charge < -0.3 is 9.47 Å². The third kappa shape index (κ3) is 3.79. The van der Waals surface area contributed by atoms with E-state index in [4.69, 9.17) is 0 Å². The summed E-state index contributed by atoms with van der Waals surface area (Å²) < 4.78 is 87.1. The fourth-order valence-electron chi connectivity index (χ4n) is 1.03. The van der Waals surface area contributed by atoms with Crippen molar-refractivity contribution >= 4 is 11.9 Å². The van der Waals surface area contributed by atoms with Crippen LogP contribution < -0.4 is 0 Å². The molecular formula is C11H14F6O4. The predicted molar refractivity (Wildman–Crippen MR) is 57.3 cm³/mol. The maximum Gasteiger partial charge on any atom is 0.411 e. The van der Waals surface area contributed by atoms with Gasteiger partial charge in [-0.05, 0) is 27.7 Å². The van der Waals surface area contributed by atoms with Crippen LogP contribution in [0.25, 0.3) is 0 Å². The molecule has 0 bridgehead atoms. The van der Waals surface area contributed by atoms with Crippen molar-refractivity contribution in [1.29, 1.82) is 0 Å². The van der Waals surface area contributed by atoms with E-state index in [2.05, 4.69) is 9.47 Å². The Labute approximate surface area is 116 Å². The van der Waals surface area contributed by atoms with Crippen molar-refractivity contribution in [1.82, 2.24) is 0 Å². The zero-order valence-electron chi connectivity index (χ0n) is 11.6. The van der Waals surface area contributed by atoms with E-state index in [1.165, 1.54) is 0 Å². The minimum absolute atomic E-state index is 1.05. The second-order valence-electron chi connectivity index (χ2n) is 4.63. The van der Waals surface area contributed by atoms with Crippen molar-refractivity contribution in [2.75, 3.05) is 0 Å². The van der Waals surface area contributed by atoms with Gasteiger partial charge in [0.25, 0.3) is 0 Å². The van der Waals surface area contributed by atoms with Crippen LogP contribution in [0.15, 0.2) is 0 Å². The van der Waals surface area contributed by atoms with E-state index in [0.29, 0.717) is 0 Å². The second-order valence-corrected chi connectivity index (χ2v) is 4.63. The molecule has 4 nitrogen and oxygen atoms in total. The van der Waals surface area contributed by atoms with Crippen LogP contribution in [0, 0.1) is 0 Å². The number of carbonyl (C=O) groups is 2. The SMILES string of the molecule is CC(C)OC(=O)C(F)(F)C(F)(F)C(F)(F)C(=O)OC(C)C. The largest absolute Gasteiger partial charge is 0.458 e. The van der Waals surface area contributed by atoms with Crippen molar-refractivity contribution in [2.45, 2.75) is 57.7 Å². The third-order valence-electron chi connectivity index (χ3n) is 1.99. The summed E-state index contributed by atoms with van der Waals surface area (Å²) in [6.07, 6.45) is -2.48. The maximum absolute atomic E-state index is 13.3. The first-order chi connectivity index (χ1) is 9.17. The van der Waals surface area contributed by atoms with Gasteiger partial charge in [0.15, 0.2) is 0 Å². The number of alkyl halides is 6. The van der Waals surface area contributed by atoms with Crippen LogP contribution in [0.1, 0.15) is 27.7 Å². The van der Waals surface area contributed by atoms with Crippen LogP contribution in [-0.4, -0.2) is 41.9 Å². The highest BCUT2D eigenvalue weighted by Gasteiger charge is 2.79. The molecule has 0 aliphatic rings. The van der Waals surface area contributed by atoms with Gasteiger partial charge in [0, 0.05) is 0 Å². The topological polar surface area (TPSA) is 52.6 Å². The van der Waals surface area contributed by atoms with Crippen molar-refractivity contribution in [3.8, 4) is 0 Å². The Balaban J connectivity index is 5.51. The van der Waals surface area contributed by atoms with Gasteiger partial charge in [-0.25, -0.2) is 9.59 Å². The first kappa shape index (κ1) is 19.5. The summed E-state index contributed by atoms with van der Waals surface area (Å²) >= 11 is 0. The molecule has 0 aromatic carbocycles. The molecule has 0 saturated heterocycles. The number of halogens is 6. The van der Waals surface area contributed by atoms with Gasteiger partial charge in [0.1, 0.15) is 0 Å². The van der Waals surface area contributed by atoms with E-state index < -0.39 is 41.9 Å². The molecule has 0 N–H and O–H groups in total. The minimum Gasteiger partial charge on any atom is -0.458 e. The highest BCUT2D eigenvalue weighted by molar-refractivity contribution is 5.84. The standard InChI is InChI=1S/C11H14F6O4/c1-5(2)20-7(18)9(12,13)11(16,17)10(14,15)8(19)21-6(3)4/h5-6H,1-4H3. The van der Waals surface area contributed by atoms with Crippen molar-refractivity contribution in [2.24, 2.45) is 0 Å². The summed E-state index contributed by atoms with van der Waals surface area (Å²) in [7, 11) is 0. The molecule has 0 saturated carbocycles. The van der Waals surface area contributed by atoms with Crippen LogP contribution in [-0.2, 0) is 19.1 Å². The Hall–Kier alpha value is -1.48. The Morgan fingerprint density at radius 2 is 0.952 bits per heavy atom. The molecule has 0 rings (SSSR count). The van der Waals surface area contributed by atoms with Crippen molar-refractivity contribution in [3.63, 3.8) is 0 Å². The lowest BCUT2D eigenvalue weighted by atomic mass is 10.0. The van der Waals surface area contributed by atoms with Crippen molar-refractivity contribution in [3.05, 3.63) is 0 Å². The normalized spacial score (nSPS) is 13.5. The monoisotopic (exact) mass is 324 g/mol.